The Hall–Kier alpha value is -2.55. The zero-order valence-corrected chi connectivity index (χ0v) is 16.8. The normalized spacial score (nSPS) is 26.1. The summed E-state index contributed by atoms with van der Waals surface area (Å²) < 4.78 is 31.5. The van der Waals surface area contributed by atoms with Crippen molar-refractivity contribution in [2.45, 2.75) is 38.1 Å². The van der Waals surface area contributed by atoms with Crippen molar-refractivity contribution in [1.82, 2.24) is 33.6 Å². The van der Waals surface area contributed by atoms with Crippen molar-refractivity contribution in [2.24, 2.45) is 11.8 Å². The summed E-state index contributed by atoms with van der Waals surface area (Å²) in [6.45, 7) is 2.66. The number of aromatic nitrogens is 5. The third-order valence-electron chi connectivity index (χ3n) is 6.20. The fourth-order valence-corrected chi connectivity index (χ4v) is 6.14. The van der Waals surface area contributed by atoms with E-state index in [1.165, 1.54) is 4.31 Å². The van der Waals surface area contributed by atoms with Gasteiger partial charge >= 0.3 is 0 Å². The lowest BCUT2D eigenvalue weighted by atomic mass is 9.93. The van der Waals surface area contributed by atoms with Crippen LogP contribution in [0, 0.1) is 23.2 Å². The minimum atomic E-state index is -3.57. The van der Waals surface area contributed by atoms with Gasteiger partial charge in [0.05, 0.1) is 23.7 Å². The van der Waals surface area contributed by atoms with Gasteiger partial charge in [0.2, 0.25) is 0 Å². The Morgan fingerprint density at radius 1 is 1.34 bits per heavy atom. The van der Waals surface area contributed by atoms with Gasteiger partial charge in [-0.1, -0.05) is 13.3 Å². The minimum absolute atomic E-state index is 0.103. The summed E-state index contributed by atoms with van der Waals surface area (Å²) in [5, 5.41) is 17.6. The Morgan fingerprint density at radius 2 is 2.17 bits per heavy atom. The van der Waals surface area contributed by atoms with Crippen LogP contribution in [-0.2, 0) is 10.2 Å². The van der Waals surface area contributed by atoms with Crippen LogP contribution in [0.3, 0.4) is 0 Å². The summed E-state index contributed by atoms with van der Waals surface area (Å²) in [5.74, 6) is 1.06. The highest BCUT2D eigenvalue weighted by Crippen LogP contribution is 2.41. The van der Waals surface area contributed by atoms with Crippen LogP contribution in [0.4, 0.5) is 0 Å². The number of nitrogens with zero attached hydrogens (tertiary/aromatic N) is 6. The Morgan fingerprint density at radius 3 is 2.93 bits per heavy atom. The first-order chi connectivity index (χ1) is 14.0. The molecule has 1 saturated carbocycles. The first-order valence-corrected chi connectivity index (χ1v) is 11.3. The lowest BCUT2D eigenvalue weighted by Crippen LogP contribution is -2.55. The standard InChI is InChI=1S/C18H22N8O2S/c1-2-12-5-13(24-29(27,28)25-9-11(7-19)10-25)6-14(12)18-23-22-16-8-21-17-15(26(16)18)3-4-20-17/h3-4,8,11-14,20,24H,2,5-6,9-10H2,1H3/t12-,13?,14+/m1/s1. The maximum absolute atomic E-state index is 12.6. The molecule has 0 amide bonds. The van der Waals surface area contributed by atoms with Gasteiger partial charge in [0.1, 0.15) is 5.82 Å². The molecule has 152 valence electrons. The molecule has 0 radical (unpaired) electrons. The van der Waals surface area contributed by atoms with Crippen molar-refractivity contribution in [2.75, 3.05) is 13.1 Å². The lowest BCUT2D eigenvalue weighted by molar-refractivity contribution is 0.243. The van der Waals surface area contributed by atoms with E-state index in [9.17, 15) is 8.42 Å². The van der Waals surface area contributed by atoms with Crippen LogP contribution >= 0.6 is 0 Å². The van der Waals surface area contributed by atoms with Gasteiger partial charge < -0.3 is 4.98 Å². The second-order valence-corrected chi connectivity index (χ2v) is 9.63. The van der Waals surface area contributed by atoms with Crippen LogP contribution in [0.1, 0.15) is 37.9 Å². The van der Waals surface area contributed by atoms with E-state index in [-0.39, 0.29) is 31.0 Å². The molecule has 0 bridgehead atoms. The van der Waals surface area contributed by atoms with Crippen LogP contribution < -0.4 is 4.72 Å². The molecule has 11 heteroatoms. The summed E-state index contributed by atoms with van der Waals surface area (Å²) in [6.07, 6.45) is 5.89. The van der Waals surface area contributed by atoms with Gasteiger partial charge in [-0.25, -0.2) is 4.98 Å². The number of fused-ring (bicyclic) bond motifs is 3. The number of hydrogen-bond acceptors (Lipinski definition) is 6. The largest absolute Gasteiger partial charge is 0.345 e. The van der Waals surface area contributed by atoms with Gasteiger partial charge in [-0.15, -0.1) is 10.2 Å². The Labute approximate surface area is 168 Å². The Kier molecular flexibility index (Phi) is 4.31. The van der Waals surface area contributed by atoms with Crippen LogP contribution in [0.5, 0.6) is 0 Å². The van der Waals surface area contributed by atoms with Crippen molar-refractivity contribution in [3.63, 3.8) is 0 Å². The minimum Gasteiger partial charge on any atom is -0.345 e. The van der Waals surface area contributed by atoms with E-state index in [0.717, 1.165) is 29.8 Å². The number of H-pyrrole nitrogens is 1. The van der Waals surface area contributed by atoms with Crippen LogP contribution in [0.2, 0.25) is 0 Å². The van der Waals surface area contributed by atoms with Crippen molar-refractivity contribution in [3.05, 3.63) is 24.3 Å². The van der Waals surface area contributed by atoms with E-state index in [0.29, 0.717) is 18.0 Å². The molecule has 0 spiro atoms. The molecular formula is C18H22N8O2S. The molecule has 3 aromatic rings. The van der Waals surface area contributed by atoms with Crippen molar-refractivity contribution in [3.8, 4) is 6.07 Å². The van der Waals surface area contributed by atoms with Crippen LogP contribution in [-0.4, -0.2) is 56.4 Å². The second kappa shape index (κ2) is 6.76. The molecule has 1 aliphatic carbocycles. The summed E-state index contributed by atoms with van der Waals surface area (Å²) in [7, 11) is -3.57. The molecule has 2 fully saturated rings. The fraction of sp³-hybridized carbons (Fsp3) is 0.556. The van der Waals surface area contributed by atoms with Crippen LogP contribution in [0.15, 0.2) is 18.5 Å². The monoisotopic (exact) mass is 414 g/mol. The molecular weight excluding hydrogens is 392 g/mol. The quantitative estimate of drug-likeness (QED) is 0.644. The fourth-order valence-electron chi connectivity index (χ4n) is 4.63. The average molecular weight is 414 g/mol. The summed E-state index contributed by atoms with van der Waals surface area (Å²) >= 11 is 0. The average Bonchev–Trinajstić information content (AvgIpc) is 3.36. The van der Waals surface area contributed by atoms with E-state index >= 15 is 0 Å². The van der Waals surface area contributed by atoms with Gasteiger partial charge in [-0.2, -0.15) is 22.7 Å². The van der Waals surface area contributed by atoms with E-state index in [1.54, 1.807) is 6.20 Å². The highest BCUT2D eigenvalue weighted by Gasteiger charge is 2.42. The Balaban J connectivity index is 1.41. The van der Waals surface area contributed by atoms with Crippen molar-refractivity contribution >= 4 is 27.0 Å². The van der Waals surface area contributed by atoms with Gasteiger partial charge in [0.25, 0.3) is 10.2 Å². The molecule has 1 aliphatic heterocycles. The molecule has 1 unspecified atom stereocenters. The SMILES string of the molecule is CC[C@@H]1CC(NS(=O)(=O)N2CC(C#N)C2)C[C@@H]1c1nnc2cnc3[nH]ccc3n12. The number of hydrogen-bond donors (Lipinski definition) is 2. The van der Waals surface area contributed by atoms with E-state index in [1.807, 2.05) is 16.7 Å². The number of aromatic amines is 1. The first-order valence-electron chi connectivity index (χ1n) is 9.84. The summed E-state index contributed by atoms with van der Waals surface area (Å²) in [4.78, 5) is 7.47. The summed E-state index contributed by atoms with van der Waals surface area (Å²) in [5.41, 5.74) is 2.38. The number of nitrogens with one attached hydrogen (secondary N) is 2. The van der Waals surface area contributed by atoms with Gasteiger partial charge in [0.15, 0.2) is 11.3 Å². The summed E-state index contributed by atoms with van der Waals surface area (Å²) in [6, 6.07) is 3.90. The molecule has 10 nitrogen and oxygen atoms in total. The first kappa shape index (κ1) is 18.5. The third-order valence-corrected chi connectivity index (χ3v) is 7.81. The van der Waals surface area contributed by atoms with Gasteiger partial charge in [-0.3, -0.25) is 4.40 Å². The number of nitriles is 1. The van der Waals surface area contributed by atoms with Gasteiger partial charge in [0, 0.05) is 31.2 Å². The van der Waals surface area contributed by atoms with E-state index < -0.39 is 10.2 Å². The van der Waals surface area contributed by atoms with Crippen molar-refractivity contribution in [1.29, 1.82) is 5.26 Å². The highest BCUT2D eigenvalue weighted by atomic mass is 32.2. The molecule has 4 heterocycles. The molecule has 3 aromatic heterocycles. The second-order valence-electron chi connectivity index (χ2n) is 7.93. The van der Waals surface area contributed by atoms with E-state index in [2.05, 4.69) is 37.9 Å². The maximum atomic E-state index is 12.6. The molecule has 0 aromatic carbocycles. The van der Waals surface area contributed by atoms with Crippen molar-refractivity contribution < 1.29 is 8.42 Å². The van der Waals surface area contributed by atoms with Crippen LogP contribution in [0.25, 0.3) is 16.8 Å². The smallest absolute Gasteiger partial charge is 0.279 e. The zero-order chi connectivity index (χ0) is 20.2. The molecule has 3 atom stereocenters. The molecule has 29 heavy (non-hydrogen) atoms. The zero-order valence-electron chi connectivity index (χ0n) is 16.0. The Bertz CT molecular complexity index is 1200. The van der Waals surface area contributed by atoms with Gasteiger partial charge in [-0.05, 0) is 24.8 Å². The molecule has 2 N–H and O–H groups in total. The maximum Gasteiger partial charge on any atom is 0.279 e. The molecule has 1 saturated heterocycles. The third kappa shape index (κ3) is 2.99. The topological polar surface area (TPSA) is 132 Å². The number of rotatable bonds is 5. The van der Waals surface area contributed by atoms with E-state index in [4.69, 9.17) is 5.26 Å². The molecule has 2 aliphatic rings. The lowest BCUT2D eigenvalue weighted by Gasteiger charge is -2.34. The predicted octanol–water partition coefficient (Wildman–Crippen LogP) is 1.17. The highest BCUT2D eigenvalue weighted by molar-refractivity contribution is 7.87. The predicted molar refractivity (Wildman–Crippen MR) is 105 cm³/mol. The molecule has 5 rings (SSSR count).